The first-order chi connectivity index (χ1) is 16.5. The molecule has 1 aliphatic carbocycles. The molecule has 196 valence electrons. The average Bonchev–Trinajstić information content (AvgIpc) is 3.30. The van der Waals surface area contributed by atoms with Crippen LogP contribution < -0.4 is 0 Å². The summed E-state index contributed by atoms with van der Waals surface area (Å²) in [6.07, 6.45) is 7.90. The summed E-state index contributed by atoms with van der Waals surface area (Å²) in [5.74, 6) is -2.00. The highest BCUT2D eigenvalue weighted by Crippen LogP contribution is 2.57. The van der Waals surface area contributed by atoms with Crippen LogP contribution in [-0.4, -0.2) is 64.5 Å². The Hall–Kier alpha value is -2.22. The normalized spacial score (nSPS) is 33.1. The minimum absolute atomic E-state index is 0.0151. The maximum absolute atomic E-state index is 13.6. The van der Waals surface area contributed by atoms with Crippen LogP contribution in [-0.2, 0) is 28.7 Å². The van der Waals surface area contributed by atoms with Gasteiger partial charge in [-0.15, -0.1) is 0 Å². The molecule has 2 fully saturated rings. The van der Waals surface area contributed by atoms with Crippen molar-refractivity contribution in [2.45, 2.75) is 103 Å². The van der Waals surface area contributed by atoms with E-state index in [0.717, 1.165) is 25.7 Å². The fraction of sp³-hybridized carbons (Fsp3) is 0.778. The monoisotopic (exact) mass is 491 g/mol. The van der Waals surface area contributed by atoms with Gasteiger partial charge in [-0.2, -0.15) is 0 Å². The number of Topliss-reactive ketones (excluding diaryl/α,β-unsaturated/α-hetero) is 1. The number of amides is 1. The molecule has 35 heavy (non-hydrogen) atoms. The summed E-state index contributed by atoms with van der Waals surface area (Å²) in [4.78, 5) is 53.9. The molecule has 3 aliphatic rings. The first-order valence-corrected chi connectivity index (χ1v) is 13.0. The highest BCUT2D eigenvalue weighted by molar-refractivity contribution is 5.95. The molecule has 0 aromatic rings. The third kappa shape index (κ3) is 6.93. The predicted octanol–water partition coefficient (Wildman–Crippen LogP) is 3.35. The Bertz CT molecular complexity index is 845. The lowest BCUT2D eigenvalue weighted by molar-refractivity contribution is -0.159. The zero-order valence-electron chi connectivity index (χ0n) is 21.6. The lowest BCUT2D eigenvalue weighted by atomic mass is 9.91. The Morgan fingerprint density at radius 2 is 1.94 bits per heavy atom. The molecular formula is C27H41NO7. The number of allylic oxidation sites excluding steroid dienone is 2. The second kappa shape index (κ2) is 11.2. The van der Waals surface area contributed by atoms with Gasteiger partial charge in [0.1, 0.15) is 5.60 Å². The number of carbonyl (C=O) groups excluding carboxylic acids is 4. The van der Waals surface area contributed by atoms with E-state index in [9.17, 15) is 24.3 Å². The highest BCUT2D eigenvalue weighted by atomic mass is 16.6. The van der Waals surface area contributed by atoms with Crippen molar-refractivity contribution >= 4 is 23.6 Å². The summed E-state index contributed by atoms with van der Waals surface area (Å²) in [5.41, 5.74) is -1.54. The summed E-state index contributed by atoms with van der Waals surface area (Å²) in [5, 5.41) is 10.4. The molecule has 2 heterocycles. The van der Waals surface area contributed by atoms with Crippen molar-refractivity contribution in [3.63, 3.8) is 0 Å². The van der Waals surface area contributed by atoms with Gasteiger partial charge in [0.25, 0.3) is 0 Å². The van der Waals surface area contributed by atoms with Gasteiger partial charge in [-0.05, 0) is 59.3 Å². The van der Waals surface area contributed by atoms with Gasteiger partial charge >= 0.3 is 11.9 Å². The molecular weight excluding hydrogens is 450 g/mol. The van der Waals surface area contributed by atoms with Gasteiger partial charge in [0.15, 0.2) is 5.78 Å². The molecule has 0 radical (unpaired) electrons. The molecule has 1 N–H and O–H groups in total. The number of nitrogens with zero attached hydrogens (tertiary/aromatic N) is 1. The summed E-state index contributed by atoms with van der Waals surface area (Å²) < 4.78 is 10.8. The van der Waals surface area contributed by atoms with Crippen LogP contribution in [0.1, 0.15) is 85.5 Å². The molecule has 0 unspecified atom stereocenters. The zero-order valence-corrected chi connectivity index (χ0v) is 21.6. The minimum Gasteiger partial charge on any atom is -0.466 e. The summed E-state index contributed by atoms with van der Waals surface area (Å²) >= 11 is 0. The van der Waals surface area contributed by atoms with Crippen molar-refractivity contribution in [1.82, 2.24) is 4.90 Å². The smallest absolute Gasteiger partial charge is 0.313 e. The van der Waals surface area contributed by atoms with Crippen LogP contribution in [0.4, 0.5) is 0 Å². The molecule has 1 amide bonds. The molecule has 8 nitrogen and oxygen atoms in total. The van der Waals surface area contributed by atoms with Gasteiger partial charge in [0.2, 0.25) is 5.91 Å². The van der Waals surface area contributed by atoms with E-state index in [0.29, 0.717) is 12.8 Å². The van der Waals surface area contributed by atoms with Crippen molar-refractivity contribution in [2.75, 3.05) is 13.2 Å². The number of fused-ring (bicyclic) bond motifs is 2. The Kier molecular flexibility index (Phi) is 8.78. The molecule has 0 spiro atoms. The number of hydrogen-bond donors (Lipinski definition) is 1. The number of aliphatic hydroxyl groups is 1. The van der Waals surface area contributed by atoms with Crippen LogP contribution in [0.2, 0.25) is 0 Å². The molecule has 8 heteroatoms. The first-order valence-electron chi connectivity index (χ1n) is 13.0. The van der Waals surface area contributed by atoms with E-state index >= 15 is 0 Å². The fourth-order valence-corrected chi connectivity index (χ4v) is 5.38. The van der Waals surface area contributed by atoms with Gasteiger partial charge in [-0.25, -0.2) is 0 Å². The SMILES string of the molecule is CCOC(=O)[C@]12CC(=O)[C@@H]3C[C@H](O)CN3C(=O)[C@@H](CC(=O)OC(C)(C)C)CCCCC/C=C\[C@@H]1C2. The lowest BCUT2D eigenvalue weighted by Crippen LogP contribution is -2.45. The number of esters is 2. The van der Waals surface area contributed by atoms with Crippen molar-refractivity contribution in [2.24, 2.45) is 17.3 Å². The largest absolute Gasteiger partial charge is 0.466 e. The topological polar surface area (TPSA) is 110 Å². The second-order valence-corrected chi connectivity index (χ2v) is 11.3. The molecule has 3 rings (SSSR count). The van der Waals surface area contributed by atoms with Crippen molar-refractivity contribution in [3.8, 4) is 0 Å². The molecule has 0 bridgehead atoms. The van der Waals surface area contributed by atoms with Crippen molar-refractivity contribution in [1.29, 1.82) is 0 Å². The number of rotatable bonds is 4. The highest BCUT2D eigenvalue weighted by Gasteiger charge is 2.61. The van der Waals surface area contributed by atoms with Crippen molar-refractivity contribution < 1.29 is 33.8 Å². The maximum Gasteiger partial charge on any atom is 0.313 e. The van der Waals surface area contributed by atoms with E-state index in [4.69, 9.17) is 9.47 Å². The van der Waals surface area contributed by atoms with Gasteiger partial charge in [-0.1, -0.05) is 25.0 Å². The van der Waals surface area contributed by atoms with E-state index in [1.165, 1.54) is 4.90 Å². The molecule has 2 aliphatic heterocycles. The molecule has 0 aromatic heterocycles. The Morgan fingerprint density at radius 1 is 1.20 bits per heavy atom. The minimum atomic E-state index is -0.887. The quantitative estimate of drug-likeness (QED) is 0.474. The first kappa shape index (κ1) is 27.4. The zero-order chi connectivity index (χ0) is 25.8. The summed E-state index contributed by atoms with van der Waals surface area (Å²) in [7, 11) is 0. The van der Waals surface area contributed by atoms with Gasteiger partial charge in [-0.3, -0.25) is 19.2 Å². The average molecular weight is 492 g/mol. The van der Waals surface area contributed by atoms with E-state index < -0.39 is 35.0 Å². The van der Waals surface area contributed by atoms with Crippen LogP contribution in [0.25, 0.3) is 0 Å². The number of hydrogen-bond acceptors (Lipinski definition) is 7. The lowest BCUT2D eigenvalue weighted by Gasteiger charge is -2.29. The maximum atomic E-state index is 13.6. The van der Waals surface area contributed by atoms with E-state index in [1.807, 2.05) is 6.08 Å². The van der Waals surface area contributed by atoms with Gasteiger partial charge in [0, 0.05) is 25.3 Å². The number of ketones is 1. The van der Waals surface area contributed by atoms with Crippen LogP contribution in [0, 0.1) is 17.3 Å². The Morgan fingerprint density at radius 3 is 2.63 bits per heavy atom. The third-order valence-electron chi connectivity index (χ3n) is 7.21. The Labute approximate surface area is 208 Å². The van der Waals surface area contributed by atoms with Crippen LogP contribution in [0.15, 0.2) is 12.2 Å². The molecule has 5 atom stereocenters. The number of carbonyl (C=O) groups is 4. The predicted molar refractivity (Wildman–Crippen MR) is 129 cm³/mol. The molecule has 0 aromatic carbocycles. The molecule has 1 saturated carbocycles. The van der Waals surface area contributed by atoms with Crippen LogP contribution in [0.3, 0.4) is 0 Å². The summed E-state index contributed by atoms with van der Waals surface area (Å²) in [6.45, 7) is 7.39. The van der Waals surface area contributed by atoms with Gasteiger partial charge in [0.05, 0.1) is 30.6 Å². The third-order valence-corrected chi connectivity index (χ3v) is 7.21. The standard InChI is InChI=1S/C27H41NO7/c1-5-34-25(33)27-15-19(27)12-10-8-6-7-9-11-18(13-23(31)35-26(2,3)4)24(32)28-17-20(29)14-21(28)22(30)16-27/h10,12,18-21,29H,5-9,11,13-17H2,1-4H3/b12-10-/t18-,19-,20+,21+,27-/m1/s1. The number of aliphatic hydroxyl groups excluding tert-OH is 1. The van der Waals surface area contributed by atoms with Crippen LogP contribution >= 0.6 is 0 Å². The second-order valence-electron chi connectivity index (χ2n) is 11.3. The van der Waals surface area contributed by atoms with E-state index in [-0.39, 0.29) is 56.0 Å². The van der Waals surface area contributed by atoms with E-state index in [2.05, 4.69) is 6.08 Å². The van der Waals surface area contributed by atoms with E-state index in [1.54, 1.807) is 27.7 Å². The fourth-order valence-electron chi connectivity index (χ4n) is 5.38. The van der Waals surface area contributed by atoms with Crippen LogP contribution in [0.5, 0.6) is 0 Å². The van der Waals surface area contributed by atoms with Crippen molar-refractivity contribution in [3.05, 3.63) is 12.2 Å². The molecule has 1 saturated heterocycles. The number of ether oxygens (including phenoxy) is 2. The van der Waals surface area contributed by atoms with Gasteiger partial charge < -0.3 is 19.5 Å². The Balaban J connectivity index is 1.84. The summed E-state index contributed by atoms with van der Waals surface area (Å²) in [6, 6.07) is -0.805.